The van der Waals surface area contributed by atoms with E-state index in [9.17, 15) is 19.5 Å². The van der Waals surface area contributed by atoms with Gasteiger partial charge in [0.1, 0.15) is 13.2 Å². The van der Waals surface area contributed by atoms with Gasteiger partial charge >= 0.3 is 5.97 Å². The van der Waals surface area contributed by atoms with Gasteiger partial charge in [-0.2, -0.15) is 0 Å². The maximum atomic E-state index is 13.4. The number of rotatable bonds is 7. The number of ketones is 2. The van der Waals surface area contributed by atoms with E-state index in [1.165, 1.54) is 7.11 Å². The first-order valence-electron chi connectivity index (χ1n) is 12.9. The summed E-state index contributed by atoms with van der Waals surface area (Å²) in [5.74, 6) is -0.961. The highest BCUT2D eigenvalue weighted by molar-refractivity contribution is 6.32. The summed E-state index contributed by atoms with van der Waals surface area (Å²) < 4.78 is 11.7. The molecule has 0 spiro atoms. The van der Waals surface area contributed by atoms with Crippen LogP contribution in [-0.4, -0.2) is 41.2 Å². The number of halogens is 1. The number of hydrogen-bond donors (Lipinski definition) is 1. The molecule has 0 amide bonds. The number of carboxylic acids is 1. The molecule has 0 fully saturated rings. The van der Waals surface area contributed by atoms with Crippen molar-refractivity contribution in [3.63, 3.8) is 0 Å². The summed E-state index contributed by atoms with van der Waals surface area (Å²) in [5, 5.41) is 9.95. The van der Waals surface area contributed by atoms with Gasteiger partial charge in [-0.05, 0) is 55.9 Å². The van der Waals surface area contributed by atoms with Crippen molar-refractivity contribution in [3.05, 3.63) is 80.7 Å². The lowest BCUT2D eigenvalue weighted by Crippen LogP contribution is -2.41. The number of ether oxygens (including phenoxy) is 2. The number of nitrogens with zero attached hydrogens (tertiary/aromatic N) is 1. The normalized spacial score (nSPS) is 17.9. The Hall–Kier alpha value is -3.58. The molecule has 0 unspecified atom stereocenters. The van der Waals surface area contributed by atoms with Crippen LogP contribution in [0.15, 0.2) is 58.9 Å². The summed E-state index contributed by atoms with van der Waals surface area (Å²) in [5.41, 5.74) is 5.20. The van der Waals surface area contributed by atoms with Crippen molar-refractivity contribution in [1.82, 2.24) is 4.90 Å². The molecule has 8 heteroatoms. The van der Waals surface area contributed by atoms with Gasteiger partial charge in [0.25, 0.3) is 0 Å². The number of aryl methyl sites for hydroxylation is 1. The Morgan fingerprint density at radius 2 is 1.61 bits per heavy atom. The van der Waals surface area contributed by atoms with Crippen LogP contribution in [0.2, 0.25) is 5.02 Å². The van der Waals surface area contributed by atoms with Crippen LogP contribution in [0.5, 0.6) is 11.5 Å². The predicted molar refractivity (Wildman–Crippen MR) is 142 cm³/mol. The van der Waals surface area contributed by atoms with Crippen LogP contribution in [0.25, 0.3) is 0 Å². The number of carbonyl (C=O) groups excluding carboxylic acids is 2. The van der Waals surface area contributed by atoms with Crippen molar-refractivity contribution in [2.24, 2.45) is 0 Å². The molecule has 5 rings (SSSR count). The second-order valence-electron chi connectivity index (χ2n) is 10.00. The molecule has 0 saturated carbocycles. The van der Waals surface area contributed by atoms with Gasteiger partial charge in [-0.1, -0.05) is 41.4 Å². The number of allylic oxidation sites excluding steroid dienone is 4. The number of carboxylic acid groups (broad SMARTS) is 1. The van der Waals surface area contributed by atoms with Crippen LogP contribution in [-0.2, 0) is 21.0 Å². The molecule has 1 heterocycles. The fourth-order valence-corrected chi connectivity index (χ4v) is 6.04. The monoisotopic (exact) mass is 535 g/mol. The molecule has 2 aromatic carbocycles. The van der Waals surface area contributed by atoms with E-state index in [-0.39, 0.29) is 18.1 Å². The molecule has 1 aliphatic heterocycles. The Balaban J connectivity index is 1.60. The van der Waals surface area contributed by atoms with Crippen molar-refractivity contribution in [1.29, 1.82) is 0 Å². The maximum Gasteiger partial charge on any atom is 0.323 e. The molecule has 2 aromatic rings. The molecular formula is C30H30ClNO6. The second-order valence-corrected chi connectivity index (χ2v) is 10.4. The third kappa shape index (κ3) is 4.83. The van der Waals surface area contributed by atoms with Crippen molar-refractivity contribution >= 4 is 29.1 Å². The Morgan fingerprint density at radius 3 is 2.16 bits per heavy atom. The molecule has 0 radical (unpaired) electrons. The second kappa shape index (κ2) is 10.7. The van der Waals surface area contributed by atoms with Crippen LogP contribution < -0.4 is 9.47 Å². The number of Topliss-reactive ketones (excluding diaryl/α,β-unsaturated/α-hetero) is 2. The van der Waals surface area contributed by atoms with Crippen LogP contribution >= 0.6 is 11.6 Å². The summed E-state index contributed by atoms with van der Waals surface area (Å²) in [6.07, 6.45) is 3.17. The third-order valence-corrected chi connectivity index (χ3v) is 7.75. The molecule has 198 valence electrons. The van der Waals surface area contributed by atoms with Gasteiger partial charge in [-0.3, -0.25) is 14.4 Å². The first kappa shape index (κ1) is 26.0. The molecule has 2 aliphatic carbocycles. The first-order chi connectivity index (χ1) is 18.3. The van der Waals surface area contributed by atoms with E-state index >= 15 is 0 Å². The van der Waals surface area contributed by atoms with Crippen LogP contribution in [0.3, 0.4) is 0 Å². The van der Waals surface area contributed by atoms with E-state index in [4.69, 9.17) is 21.1 Å². The van der Waals surface area contributed by atoms with E-state index < -0.39 is 11.9 Å². The number of hydrogen-bond acceptors (Lipinski definition) is 6. The number of aliphatic carboxylic acids is 1. The van der Waals surface area contributed by atoms with Gasteiger partial charge < -0.3 is 19.5 Å². The largest absolute Gasteiger partial charge is 0.493 e. The predicted octanol–water partition coefficient (Wildman–Crippen LogP) is 5.73. The van der Waals surface area contributed by atoms with Crippen molar-refractivity contribution in [2.45, 2.75) is 58.0 Å². The van der Waals surface area contributed by atoms with E-state index in [1.807, 2.05) is 31.2 Å². The Morgan fingerprint density at radius 1 is 1.00 bits per heavy atom. The fraction of sp³-hybridized carbons (Fsp3) is 0.367. The minimum atomic E-state index is -1.00. The highest BCUT2D eigenvalue weighted by atomic mass is 35.5. The van der Waals surface area contributed by atoms with Gasteiger partial charge in [0, 0.05) is 41.3 Å². The van der Waals surface area contributed by atoms with Crippen molar-refractivity contribution in [2.75, 3.05) is 13.7 Å². The Labute approximate surface area is 226 Å². The minimum Gasteiger partial charge on any atom is -0.493 e. The standard InChI is InChI=1S/C30H30ClNO6/c1-17-9-11-18(12-10-17)16-38-30-20(31)13-19(14-25(30)37-2)27-28-21(5-3-7-23(28)33)32(15-26(35)36)22-6-4-8-24(34)29(22)27/h9-14,27H,3-8,15-16H2,1-2H3,(H,35,36). The lowest BCUT2D eigenvalue weighted by molar-refractivity contribution is -0.138. The average Bonchev–Trinajstić information content (AvgIpc) is 2.89. The molecule has 7 nitrogen and oxygen atoms in total. The lowest BCUT2D eigenvalue weighted by Gasteiger charge is -2.43. The maximum absolute atomic E-state index is 13.4. The molecule has 0 aromatic heterocycles. The Bertz CT molecular complexity index is 1330. The molecule has 0 bridgehead atoms. The van der Waals surface area contributed by atoms with Gasteiger partial charge in [0.05, 0.1) is 12.1 Å². The zero-order chi connectivity index (χ0) is 27.0. The van der Waals surface area contributed by atoms with Crippen LogP contribution in [0, 0.1) is 6.92 Å². The molecule has 1 N–H and O–H groups in total. The first-order valence-corrected chi connectivity index (χ1v) is 13.2. The number of carbonyl (C=O) groups is 3. The van der Waals surface area contributed by atoms with Crippen molar-refractivity contribution in [3.8, 4) is 11.5 Å². The highest BCUT2D eigenvalue weighted by Gasteiger charge is 2.44. The quantitative estimate of drug-likeness (QED) is 0.483. The van der Waals surface area contributed by atoms with Crippen LogP contribution in [0.4, 0.5) is 0 Å². The molecule has 3 aliphatic rings. The molecular weight excluding hydrogens is 506 g/mol. The lowest BCUT2D eigenvalue weighted by atomic mass is 9.71. The summed E-state index contributed by atoms with van der Waals surface area (Å²) in [4.78, 5) is 40.2. The average molecular weight is 536 g/mol. The summed E-state index contributed by atoms with van der Waals surface area (Å²) in [7, 11) is 1.52. The van der Waals surface area contributed by atoms with Gasteiger partial charge in [0.2, 0.25) is 0 Å². The minimum absolute atomic E-state index is 0.0636. The zero-order valence-corrected chi connectivity index (χ0v) is 22.3. The highest BCUT2D eigenvalue weighted by Crippen LogP contribution is 2.51. The molecule has 38 heavy (non-hydrogen) atoms. The van der Waals surface area contributed by atoms with Crippen molar-refractivity contribution < 1.29 is 29.0 Å². The van der Waals surface area contributed by atoms with E-state index in [2.05, 4.69) is 0 Å². The van der Waals surface area contributed by atoms with Gasteiger partial charge in [0.15, 0.2) is 23.1 Å². The summed E-state index contributed by atoms with van der Waals surface area (Å²) in [6.45, 7) is 2.04. The smallest absolute Gasteiger partial charge is 0.323 e. The van der Waals surface area contributed by atoms with E-state index in [0.29, 0.717) is 89.8 Å². The molecule has 0 saturated heterocycles. The fourth-order valence-electron chi connectivity index (χ4n) is 5.76. The van der Waals surface area contributed by atoms with E-state index in [1.54, 1.807) is 17.0 Å². The number of methoxy groups -OCH3 is 1. The molecule has 0 atom stereocenters. The summed E-state index contributed by atoms with van der Waals surface area (Å²) >= 11 is 6.75. The Kier molecular flexibility index (Phi) is 7.30. The van der Waals surface area contributed by atoms with Crippen LogP contribution in [0.1, 0.15) is 61.1 Å². The van der Waals surface area contributed by atoms with Gasteiger partial charge in [-0.15, -0.1) is 0 Å². The summed E-state index contributed by atoms with van der Waals surface area (Å²) in [6, 6.07) is 11.5. The third-order valence-electron chi connectivity index (χ3n) is 7.47. The zero-order valence-electron chi connectivity index (χ0n) is 21.5. The SMILES string of the molecule is COc1cc(C2C3=C(CCCC3=O)N(CC(=O)O)C3=C2C(=O)CCC3)cc(Cl)c1OCc1ccc(C)cc1. The van der Waals surface area contributed by atoms with Gasteiger partial charge in [-0.25, -0.2) is 0 Å². The topological polar surface area (TPSA) is 93.1 Å². The van der Waals surface area contributed by atoms with E-state index in [0.717, 1.165) is 11.1 Å². The number of benzene rings is 2.